The SMILES string of the molecule is CC(C)(C)c1ccc2c(c1)CCC(C(C)(C)C)O2. The van der Waals surface area contributed by atoms with E-state index in [0.717, 1.165) is 18.6 Å². The Hall–Kier alpha value is -0.980. The fourth-order valence-corrected chi connectivity index (χ4v) is 2.46. The molecule has 1 aromatic carbocycles. The minimum absolute atomic E-state index is 0.218. The summed E-state index contributed by atoms with van der Waals surface area (Å²) in [6, 6.07) is 6.70. The van der Waals surface area contributed by atoms with Crippen molar-refractivity contribution in [1.82, 2.24) is 0 Å². The molecule has 0 aliphatic carbocycles. The molecule has 0 radical (unpaired) electrons. The Balaban J connectivity index is 2.27. The summed E-state index contributed by atoms with van der Waals surface area (Å²) in [4.78, 5) is 0. The van der Waals surface area contributed by atoms with Crippen molar-refractivity contribution in [3.8, 4) is 5.75 Å². The van der Waals surface area contributed by atoms with Crippen molar-refractivity contribution in [3.05, 3.63) is 29.3 Å². The van der Waals surface area contributed by atoms with Crippen molar-refractivity contribution in [2.45, 2.75) is 65.9 Å². The van der Waals surface area contributed by atoms with Crippen molar-refractivity contribution in [3.63, 3.8) is 0 Å². The van der Waals surface area contributed by atoms with Crippen LogP contribution in [-0.4, -0.2) is 6.10 Å². The van der Waals surface area contributed by atoms with E-state index in [2.05, 4.69) is 59.7 Å². The first-order valence-electron chi connectivity index (χ1n) is 6.98. The van der Waals surface area contributed by atoms with Gasteiger partial charge in [-0.15, -0.1) is 0 Å². The number of ether oxygens (including phenoxy) is 1. The average molecular weight is 246 g/mol. The van der Waals surface area contributed by atoms with Gasteiger partial charge in [-0.1, -0.05) is 53.7 Å². The number of hydrogen-bond donors (Lipinski definition) is 0. The number of aryl methyl sites for hydroxylation is 1. The number of benzene rings is 1. The highest BCUT2D eigenvalue weighted by Gasteiger charge is 2.30. The summed E-state index contributed by atoms with van der Waals surface area (Å²) >= 11 is 0. The molecule has 1 aromatic rings. The summed E-state index contributed by atoms with van der Waals surface area (Å²) in [6.45, 7) is 13.5. The molecule has 1 heteroatoms. The highest BCUT2D eigenvalue weighted by molar-refractivity contribution is 5.41. The topological polar surface area (TPSA) is 9.23 Å². The van der Waals surface area contributed by atoms with E-state index >= 15 is 0 Å². The highest BCUT2D eigenvalue weighted by atomic mass is 16.5. The molecule has 100 valence electrons. The van der Waals surface area contributed by atoms with Crippen LogP contribution < -0.4 is 4.74 Å². The van der Waals surface area contributed by atoms with Crippen LogP contribution in [0.2, 0.25) is 0 Å². The Labute approximate surface area is 112 Å². The van der Waals surface area contributed by atoms with Gasteiger partial charge < -0.3 is 4.74 Å². The molecule has 2 rings (SSSR count). The highest BCUT2D eigenvalue weighted by Crippen LogP contribution is 2.37. The van der Waals surface area contributed by atoms with Gasteiger partial charge in [0.2, 0.25) is 0 Å². The van der Waals surface area contributed by atoms with E-state index in [0.29, 0.717) is 6.10 Å². The zero-order valence-electron chi connectivity index (χ0n) is 12.6. The quantitative estimate of drug-likeness (QED) is 0.643. The minimum Gasteiger partial charge on any atom is -0.490 e. The summed E-state index contributed by atoms with van der Waals surface area (Å²) in [7, 11) is 0. The molecule has 1 nitrogen and oxygen atoms in total. The van der Waals surface area contributed by atoms with E-state index < -0.39 is 0 Å². The molecular weight excluding hydrogens is 220 g/mol. The van der Waals surface area contributed by atoms with Gasteiger partial charge in [-0.25, -0.2) is 0 Å². The van der Waals surface area contributed by atoms with Crippen LogP contribution in [0.25, 0.3) is 0 Å². The lowest BCUT2D eigenvalue weighted by Crippen LogP contribution is -2.35. The molecule has 1 atom stereocenters. The van der Waals surface area contributed by atoms with Crippen molar-refractivity contribution in [1.29, 1.82) is 0 Å². The largest absolute Gasteiger partial charge is 0.490 e. The Kier molecular flexibility index (Phi) is 3.21. The second kappa shape index (κ2) is 4.29. The van der Waals surface area contributed by atoms with E-state index in [9.17, 15) is 0 Å². The van der Waals surface area contributed by atoms with Crippen LogP contribution in [0, 0.1) is 5.41 Å². The molecule has 0 saturated carbocycles. The van der Waals surface area contributed by atoms with Gasteiger partial charge in [0, 0.05) is 0 Å². The first kappa shape index (κ1) is 13.5. The lowest BCUT2D eigenvalue weighted by molar-refractivity contribution is 0.0674. The third-order valence-corrected chi connectivity index (χ3v) is 3.84. The molecule has 0 spiro atoms. The average Bonchev–Trinajstić information content (AvgIpc) is 2.25. The van der Waals surface area contributed by atoms with Gasteiger partial charge in [0.25, 0.3) is 0 Å². The molecule has 1 unspecified atom stereocenters. The van der Waals surface area contributed by atoms with E-state index in [1.807, 2.05) is 0 Å². The van der Waals surface area contributed by atoms with Crippen LogP contribution in [0.1, 0.15) is 59.1 Å². The van der Waals surface area contributed by atoms with Crippen molar-refractivity contribution in [2.24, 2.45) is 5.41 Å². The molecular formula is C17H26O. The Bertz CT molecular complexity index is 432. The fraction of sp³-hybridized carbons (Fsp3) is 0.647. The molecule has 0 bridgehead atoms. The molecule has 0 saturated heterocycles. The monoisotopic (exact) mass is 246 g/mol. The molecule has 0 aromatic heterocycles. The van der Waals surface area contributed by atoms with E-state index in [1.165, 1.54) is 11.1 Å². The smallest absolute Gasteiger partial charge is 0.122 e. The summed E-state index contributed by atoms with van der Waals surface area (Å²) in [5, 5.41) is 0. The van der Waals surface area contributed by atoms with Gasteiger partial charge in [0.1, 0.15) is 11.9 Å². The first-order chi connectivity index (χ1) is 8.18. The summed E-state index contributed by atoms with van der Waals surface area (Å²) in [5.41, 5.74) is 3.22. The van der Waals surface area contributed by atoms with E-state index in [1.54, 1.807) is 0 Å². The normalized spacial score (nSPS) is 20.2. The predicted octanol–water partition coefficient (Wildman–Crippen LogP) is 4.72. The lowest BCUT2D eigenvalue weighted by Gasteiger charge is -2.36. The standard InChI is InChI=1S/C17H26O/c1-16(2,3)13-8-9-14-12(11-13)7-10-15(18-14)17(4,5)6/h8-9,11,15H,7,10H2,1-6H3. The van der Waals surface area contributed by atoms with Gasteiger partial charge >= 0.3 is 0 Å². The summed E-state index contributed by atoms with van der Waals surface area (Å²) < 4.78 is 6.16. The maximum atomic E-state index is 6.16. The Morgan fingerprint density at radius 2 is 1.72 bits per heavy atom. The van der Waals surface area contributed by atoms with Crippen LogP contribution >= 0.6 is 0 Å². The number of hydrogen-bond acceptors (Lipinski definition) is 1. The minimum atomic E-state index is 0.218. The van der Waals surface area contributed by atoms with E-state index in [4.69, 9.17) is 4.74 Å². The van der Waals surface area contributed by atoms with Crippen LogP contribution in [0.3, 0.4) is 0 Å². The maximum Gasteiger partial charge on any atom is 0.122 e. The van der Waals surface area contributed by atoms with Gasteiger partial charge in [0.05, 0.1) is 0 Å². The number of rotatable bonds is 0. The fourth-order valence-electron chi connectivity index (χ4n) is 2.46. The Morgan fingerprint density at radius 1 is 1.06 bits per heavy atom. The second-order valence-corrected chi connectivity index (χ2v) is 7.58. The van der Waals surface area contributed by atoms with Crippen molar-refractivity contribution < 1.29 is 4.74 Å². The molecule has 0 fully saturated rings. The van der Waals surface area contributed by atoms with Crippen LogP contribution in [-0.2, 0) is 11.8 Å². The molecule has 18 heavy (non-hydrogen) atoms. The van der Waals surface area contributed by atoms with Crippen molar-refractivity contribution in [2.75, 3.05) is 0 Å². The van der Waals surface area contributed by atoms with Crippen LogP contribution in [0.15, 0.2) is 18.2 Å². The predicted molar refractivity (Wildman–Crippen MR) is 77.3 cm³/mol. The van der Waals surface area contributed by atoms with Gasteiger partial charge in [-0.2, -0.15) is 0 Å². The molecule has 1 aliphatic heterocycles. The second-order valence-electron chi connectivity index (χ2n) is 7.58. The first-order valence-corrected chi connectivity index (χ1v) is 6.98. The lowest BCUT2D eigenvalue weighted by atomic mass is 9.82. The van der Waals surface area contributed by atoms with Gasteiger partial charge in [-0.3, -0.25) is 0 Å². The Morgan fingerprint density at radius 3 is 2.28 bits per heavy atom. The molecule has 1 heterocycles. The number of fused-ring (bicyclic) bond motifs is 1. The zero-order valence-corrected chi connectivity index (χ0v) is 12.6. The van der Waals surface area contributed by atoms with Gasteiger partial charge in [0.15, 0.2) is 0 Å². The maximum absolute atomic E-state index is 6.16. The van der Waals surface area contributed by atoms with Crippen LogP contribution in [0.4, 0.5) is 0 Å². The molecule has 0 N–H and O–H groups in total. The third-order valence-electron chi connectivity index (χ3n) is 3.84. The zero-order chi connectivity index (χ0) is 13.6. The van der Waals surface area contributed by atoms with Gasteiger partial charge in [-0.05, 0) is 40.9 Å². The third kappa shape index (κ3) is 2.71. The van der Waals surface area contributed by atoms with E-state index in [-0.39, 0.29) is 10.8 Å². The van der Waals surface area contributed by atoms with Crippen LogP contribution in [0.5, 0.6) is 5.75 Å². The summed E-state index contributed by atoms with van der Waals surface area (Å²) in [5.74, 6) is 1.09. The van der Waals surface area contributed by atoms with Crippen molar-refractivity contribution >= 4 is 0 Å². The molecule has 0 amide bonds. The molecule has 1 aliphatic rings. The summed E-state index contributed by atoms with van der Waals surface area (Å²) in [6.07, 6.45) is 2.61.